The van der Waals surface area contributed by atoms with Gasteiger partial charge in [-0.2, -0.15) is 0 Å². The van der Waals surface area contributed by atoms with Gasteiger partial charge in [0.15, 0.2) is 8.67 Å². The van der Waals surface area contributed by atoms with Crippen molar-refractivity contribution < 1.29 is 28.8 Å². The molecule has 0 atom stereocenters. The van der Waals surface area contributed by atoms with Crippen molar-refractivity contribution in [1.29, 1.82) is 0 Å². The van der Waals surface area contributed by atoms with Crippen molar-refractivity contribution in [2.24, 2.45) is 0 Å². The average Bonchev–Trinajstić information content (AvgIpc) is 2.16. The topological polar surface area (TPSA) is 40.1 Å². The fraction of sp³-hybridized carbons (Fsp3) is 0.900. The van der Waals surface area contributed by atoms with E-state index < -0.39 is 14.6 Å². The molecule has 0 radical (unpaired) electrons. The number of rotatable bonds is 8. The summed E-state index contributed by atoms with van der Waals surface area (Å²) in [5.41, 5.74) is 0. The van der Waals surface area contributed by atoms with Crippen molar-refractivity contribution in [1.82, 2.24) is 0 Å². The molecule has 17 heavy (non-hydrogen) atoms. The van der Waals surface area contributed by atoms with Crippen LogP contribution in [0.3, 0.4) is 0 Å². The van der Waals surface area contributed by atoms with Crippen LogP contribution in [0.25, 0.3) is 0 Å². The number of carboxylic acid groups (broad SMARTS) is 1. The molecule has 0 saturated heterocycles. The van der Waals surface area contributed by atoms with Gasteiger partial charge >= 0.3 is 18.9 Å². The number of carboxylic acids is 1. The molecule has 0 N–H and O–H groups in total. The molecule has 0 heterocycles. The van der Waals surface area contributed by atoms with Crippen LogP contribution in [0.15, 0.2) is 0 Å². The van der Waals surface area contributed by atoms with Crippen molar-refractivity contribution in [3.8, 4) is 0 Å². The summed E-state index contributed by atoms with van der Waals surface area (Å²) in [5, 5.41) is 10.7. The van der Waals surface area contributed by atoms with Crippen molar-refractivity contribution in [3.05, 3.63) is 0 Å². The summed E-state index contributed by atoms with van der Waals surface area (Å²) in [7, 11) is 0. The number of alkyl halides is 4. The number of aliphatic carboxylic acids is 1. The Kier molecular flexibility index (Phi) is 11.1. The molecule has 0 aromatic rings. The third-order valence-corrected chi connectivity index (χ3v) is 4.60. The third-order valence-electron chi connectivity index (χ3n) is 2.31. The molecule has 0 aromatic heterocycles. The van der Waals surface area contributed by atoms with Gasteiger partial charge in [0.2, 0.25) is 0 Å². The molecule has 0 fully saturated rings. The van der Waals surface area contributed by atoms with Gasteiger partial charge in [-0.25, -0.2) is 0 Å². The van der Waals surface area contributed by atoms with E-state index in [1.165, 1.54) is 0 Å². The van der Waals surface area contributed by atoms with E-state index >= 15 is 0 Å². The van der Waals surface area contributed by atoms with Gasteiger partial charge < -0.3 is 9.90 Å². The average molecular weight is 316 g/mol. The second-order valence-electron chi connectivity index (χ2n) is 3.73. The second-order valence-corrected chi connectivity index (χ2v) is 6.54. The number of unbranched alkanes of at least 4 members (excludes halogenated alkanes) is 4. The normalized spacial score (nSPS) is 12.1. The molecule has 0 amide bonds. The fourth-order valence-corrected chi connectivity index (χ4v) is 1.87. The summed E-state index contributed by atoms with van der Waals surface area (Å²) < 4.78 is -4.00. The minimum absolute atomic E-state index is 0. The molecular formula is C10H15Cl4LiO2. The van der Waals surface area contributed by atoms with Crippen LogP contribution < -0.4 is 24.0 Å². The third kappa shape index (κ3) is 6.81. The molecule has 0 bridgehead atoms. The SMILES string of the molecule is CCCCCCCC(Cl)(Cl)C(Cl)(Cl)C(=O)[O-].[Li+]. The Morgan fingerprint density at radius 3 is 1.94 bits per heavy atom. The smallest absolute Gasteiger partial charge is 0.547 e. The minimum atomic E-state index is -2.28. The van der Waals surface area contributed by atoms with Crippen molar-refractivity contribution in [2.45, 2.75) is 54.1 Å². The van der Waals surface area contributed by atoms with Crippen LogP contribution in [0.5, 0.6) is 0 Å². The maximum atomic E-state index is 10.7. The Hall–Kier alpha value is 1.23. The first-order valence-electron chi connectivity index (χ1n) is 5.22. The monoisotopic (exact) mass is 314 g/mol. The van der Waals surface area contributed by atoms with Gasteiger partial charge in [0.05, 0.1) is 5.97 Å². The molecule has 2 nitrogen and oxygen atoms in total. The summed E-state index contributed by atoms with van der Waals surface area (Å²) >= 11 is 22.7. The predicted molar refractivity (Wildman–Crippen MR) is 67.3 cm³/mol. The van der Waals surface area contributed by atoms with Crippen LogP contribution in [-0.2, 0) is 4.79 Å². The summed E-state index contributed by atoms with van der Waals surface area (Å²) in [5.74, 6) is -1.67. The van der Waals surface area contributed by atoms with Crippen LogP contribution in [0.2, 0.25) is 0 Å². The van der Waals surface area contributed by atoms with E-state index in [1.807, 2.05) is 0 Å². The summed E-state index contributed by atoms with van der Waals surface area (Å²) in [6.07, 6.45) is 5.14. The van der Waals surface area contributed by atoms with Crippen LogP contribution in [-0.4, -0.2) is 14.6 Å². The molecule has 0 unspecified atom stereocenters. The van der Waals surface area contributed by atoms with E-state index in [1.54, 1.807) is 0 Å². The van der Waals surface area contributed by atoms with Gasteiger partial charge in [0, 0.05) is 0 Å². The Balaban J connectivity index is 0. The molecule has 7 heteroatoms. The maximum Gasteiger partial charge on any atom is 1.00 e. The van der Waals surface area contributed by atoms with Crippen LogP contribution in [0, 0.1) is 0 Å². The first-order chi connectivity index (χ1) is 7.25. The van der Waals surface area contributed by atoms with E-state index in [4.69, 9.17) is 46.4 Å². The van der Waals surface area contributed by atoms with Gasteiger partial charge in [0.1, 0.15) is 0 Å². The molecule has 96 valence electrons. The van der Waals surface area contributed by atoms with Crippen molar-refractivity contribution in [2.75, 3.05) is 0 Å². The predicted octanol–water partition coefficient (Wildman–Crippen LogP) is 0.449. The minimum Gasteiger partial charge on any atom is -0.547 e. The van der Waals surface area contributed by atoms with Crippen LogP contribution in [0.4, 0.5) is 0 Å². The standard InChI is InChI=1S/C10H16Cl4O2.Li/c1-2-3-4-5-6-7-9(11,12)10(13,14)8(15)16;/h2-7H2,1H3,(H,15,16);/q;+1/p-1. The Bertz CT molecular complexity index is 234. The van der Waals surface area contributed by atoms with E-state index in [-0.39, 0.29) is 25.3 Å². The molecule has 0 aliphatic carbocycles. The summed E-state index contributed by atoms with van der Waals surface area (Å²) in [6, 6.07) is 0. The van der Waals surface area contributed by atoms with E-state index in [9.17, 15) is 9.90 Å². The zero-order chi connectivity index (χ0) is 12.8. The van der Waals surface area contributed by atoms with E-state index in [0.717, 1.165) is 25.7 Å². The number of hydrogen-bond donors (Lipinski definition) is 0. The molecule has 0 aliphatic rings. The number of carbonyl (C=O) groups excluding carboxylic acids is 1. The van der Waals surface area contributed by atoms with E-state index in [0.29, 0.717) is 6.42 Å². The maximum absolute atomic E-state index is 10.7. The van der Waals surface area contributed by atoms with Gasteiger partial charge in [0.25, 0.3) is 0 Å². The van der Waals surface area contributed by atoms with Crippen molar-refractivity contribution in [3.63, 3.8) is 0 Å². The zero-order valence-electron chi connectivity index (χ0n) is 10.1. The Labute approximate surface area is 134 Å². The first-order valence-corrected chi connectivity index (χ1v) is 6.74. The molecule has 0 rings (SSSR count). The molecule has 0 aromatic carbocycles. The van der Waals surface area contributed by atoms with Crippen LogP contribution >= 0.6 is 46.4 Å². The Morgan fingerprint density at radius 2 is 1.53 bits per heavy atom. The number of carbonyl (C=O) groups is 1. The molecule has 0 spiro atoms. The summed E-state index contributed by atoms with van der Waals surface area (Å²) in [6.45, 7) is 2.10. The largest absolute Gasteiger partial charge is 1.00 e. The quantitative estimate of drug-likeness (QED) is 0.371. The summed E-state index contributed by atoms with van der Waals surface area (Å²) in [4.78, 5) is 10.7. The van der Waals surface area contributed by atoms with E-state index in [2.05, 4.69) is 6.92 Å². The van der Waals surface area contributed by atoms with Crippen LogP contribution in [0.1, 0.15) is 45.4 Å². The first kappa shape index (κ1) is 20.5. The molecule has 0 aliphatic heterocycles. The van der Waals surface area contributed by atoms with Gasteiger partial charge in [-0.05, 0) is 6.42 Å². The molecular weight excluding hydrogens is 301 g/mol. The molecule has 0 saturated carbocycles. The zero-order valence-corrected chi connectivity index (χ0v) is 13.1. The van der Waals surface area contributed by atoms with Gasteiger partial charge in [-0.3, -0.25) is 0 Å². The number of hydrogen-bond acceptors (Lipinski definition) is 2. The Morgan fingerprint density at radius 1 is 1.06 bits per heavy atom. The van der Waals surface area contributed by atoms with Crippen molar-refractivity contribution >= 4 is 52.4 Å². The van der Waals surface area contributed by atoms with Gasteiger partial charge in [-0.1, -0.05) is 85.4 Å². The number of halogens is 4. The fourth-order valence-electron chi connectivity index (χ4n) is 1.26. The van der Waals surface area contributed by atoms with Gasteiger partial charge in [-0.15, -0.1) is 0 Å². The second kappa shape index (κ2) is 9.18.